The van der Waals surface area contributed by atoms with Crippen molar-refractivity contribution < 1.29 is 4.79 Å². The van der Waals surface area contributed by atoms with Crippen molar-refractivity contribution in [2.75, 3.05) is 0 Å². The first-order valence-corrected chi connectivity index (χ1v) is 8.20. The summed E-state index contributed by atoms with van der Waals surface area (Å²) < 4.78 is 1.01. The summed E-state index contributed by atoms with van der Waals surface area (Å²) >= 11 is 14.5. The standard InChI is InChI=1S/C16H9Cl2IN2O/c17-12-4-2-1-3-9(12)7-14-16(22)21-15(20-14)11-8-10(19)5-6-13(11)18/h1-8H,(H,20,21,22)/b14-7+. The van der Waals surface area contributed by atoms with Crippen LogP contribution in [-0.4, -0.2) is 11.7 Å². The summed E-state index contributed by atoms with van der Waals surface area (Å²) in [6.45, 7) is 0. The molecule has 2 aromatic carbocycles. The smallest absolute Gasteiger partial charge is 0.275 e. The molecular formula is C16H9Cl2IN2O. The van der Waals surface area contributed by atoms with Crippen molar-refractivity contribution >= 4 is 63.6 Å². The minimum Gasteiger partial charge on any atom is -0.305 e. The summed E-state index contributed by atoms with van der Waals surface area (Å²) in [4.78, 5) is 16.4. The molecule has 0 aliphatic carbocycles. The predicted molar refractivity (Wildman–Crippen MR) is 98.3 cm³/mol. The average molecular weight is 443 g/mol. The number of nitrogens with one attached hydrogen (secondary N) is 1. The van der Waals surface area contributed by atoms with Gasteiger partial charge in [0.2, 0.25) is 0 Å². The van der Waals surface area contributed by atoms with Crippen LogP contribution in [0.1, 0.15) is 11.1 Å². The highest BCUT2D eigenvalue weighted by Crippen LogP contribution is 2.24. The largest absolute Gasteiger partial charge is 0.305 e. The van der Waals surface area contributed by atoms with E-state index in [9.17, 15) is 4.79 Å². The van der Waals surface area contributed by atoms with Crippen LogP contribution in [0.25, 0.3) is 6.08 Å². The molecule has 0 spiro atoms. The molecule has 0 radical (unpaired) electrons. The van der Waals surface area contributed by atoms with E-state index in [1.54, 1.807) is 18.2 Å². The molecule has 1 N–H and O–H groups in total. The number of benzene rings is 2. The van der Waals surface area contributed by atoms with Gasteiger partial charge in [-0.25, -0.2) is 4.99 Å². The summed E-state index contributed by atoms with van der Waals surface area (Å²) in [6, 6.07) is 12.8. The highest BCUT2D eigenvalue weighted by atomic mass is 127. The average Bonchev–Trinajstić information content (AvgIpc) is 2.85. The Bertz CT molecular complexity index is 831. The Kier molecular flexibility index (Phi) is 4.52. The van der Waals surface area contributed by atoms with Crippen LogP contribution in [0.3, 0.4) is 0 Å². The molecule has 0 aromatic heterocycles. The van der Waals surface area contributed by atoms with Crippen molar-refractivity contribution in [2.24, 2.45) is 4.99 Å². The number of amidine groups is 1. The third kappa shape index (κ3) is 3.19. The van der Waals surface area contributed by atoms with Gasteiger partial charge in [0.15, 0.2) is 0 Å². The summed E-state index contributed by atoms with van der Waals surface area (Å²) in [5.74, 6) is 0.177. The molecule has 1 amide bonds. The molecular weight excluding hydrogens is 434 g/mol. The van der Waals surface area contributed by atoms with Gasteiger partial charge < -0.3 is 5.32 Å². The lowest BCUT2D eigenvalue weighted by atomic mass is 10.2. The fourth-order valence-corrected chi connectivity index (χ4v) is 2.90. The maximum absolute atomic E-state index is 12.1. The number of nitrogens with zero attached hydrogens (tertiary/aromatic N) is 1. The van der Waals surface area contributed by atoms with Crippen molar-refractivity contribution in [3.8, 4) is 0 Å². The van der Waals surface area contributed by atoms with Crippen LogP contribution < -0.4 is 5.32 Å². The van der Waals surface area contributed by atoms with E-state index in [1.165, 1.54) is 0 Å². The molecule has 0 unspecified atom stereocenters. The van der Waals surface area contributed by atoms with Gasteiger partial charge in [-0.3, -0.25) is 4.79 Å². The number of carbonyl (C=O) groups excluding carboxylic acids is 1. The summed E-state index contributed by atoms with van der Waals surface area (Å²) in [5.41, 5.74) is 1.75. The number of halogens is 3. The number of hydrogen-bond donors (Lipinski definition) is 1. The Morgan fingerprint density at radius 1 is 1.09 bits per heavy atom. The van der Waals surface area contributed by atoms with Crippen molar-refractivity contribution in [1.29, 1.82) is 0 Å². The lowest BCUT2D eigenvalue weighted by molar-refractivity contribution is -0.115. The minimum absolute atomic E-state index is 0.273. The molecule has 22 heavy (non-hydrogen) atoms. The van der Waals surface area contributed by atoms with Crippen molar-refractivity contribution in [3.05, 3.63) is 72.9 Å². The summed E-state index contributed by atoms with van der Waals surface area (Å²) in [5, 5.41) is 3.85. The quantitative estimate of drug-likeness (QED) is 0.539. The van der Waals surface area contributed by atoms with Gasteiger partial charge in [0.1, 0.15) is 11.5 Å². The van der Waals surface area contributed by atoms with Gasteiger partial charge in [-0.1, -0.05) is 41.4 Å². The van der Waals surface area contributed by atoms with Crippen LogP contribution in [-0.2, 0) is 4.79 Å². The Labute approximate surface area is 151 Å². The van der Waals surface area contributed by atoms with E-state index in [-0.39, 0.29) is 5.91 Å². The maximum atomic E-state index is 12.1. The number of hydrogen-bond acceptors (Lipinski definition) is 2. The van der Waals surface area contributed by atoms with E-state index >= 15 is 0 Å². The maximum Gasteiger partial charge on any atom is 0.275 e. The molecule has 0 saturated heterocycles. The van der Waals surface area contributed by atoms with Gasteiger partial charge in [0, 0.05) is 14.2 Å². The second kappa shape index (κ2) is 6.40. The van der Waals surface area contributed by atoms with Crippen molar-refractivity contribution in [3.63, 3.8) is 0 Å². The normalized spacial score (nSPS) is 15.9. The lowest BCUT2D eigenvalue weighted by Gasteiger charge is -2.03. The van der Waals surface area contributed by atoms with E-state index in [2.05, 4.69) is 32.9 Å². The summed E-state index contributed by atoms with van der Waals surface area (Å²) in [7, 11) is 0. The molecule has 0 atom stereocenters. The highest BCUT2D eigenvalue weighted by Gasteiger charge is 2.23. The third-order valence-electron chi connectivity index (χ3n) is 3.08. The molecule has 1 aliphatic rings. The summed E-state index contributed by atoms with van der Waals surface area (Å²) in [6.07, 6.45) is 1.66. The number of carbonyl (C=O) groups is 1. The number of aliphatic imine (C=N–C) groups is 1. The van der Waals surface area contributed by atoms with Gasteiger partial charge >= 0.3 is 0 Å². The molecule has 0 fully saturated rings. The van der Waals surface area contributed by atoms with E-state index in [0.29, 0.717) is 27.1 Å². The Hall–Kier alpha value is -1.37. The zero-order chi connectivity index (χ0) is 15.7. The molecule has 0 saturated carbocycles. The van der Waals surface area contributed by atoms with Crippen LogP contribution in [0.2, 0.25) is 10.0 Å². The van der Waals surface area contributed by atoms with Crippen LogP contribution in [0.5, 0.6) is 0 Å². The van der Waals surface area contributed by atoms with E-state index < -0.39 is 0 Å². The fraction of sp³-hybridized carbons (Fsp3) is 0. The molecule has 0 bridgehead atoms. The molecule has 6 heteroatoms. The van der Waals surface area contributed by atoms with Crippen LogP contribution >= 0.6 is 45.8 Å². The molecule has 1 aliphatic heterocycles. The van der Waals surface area contributed by atoms with Crippen molar-refractivity contribution in [1.82, 2.24) is 5.32 Å². The van der Waals surface area contributed by atoms with Crippen LogP contribution in [0.4, 0.5) is 0 Å². The SMILES string of the molecule is O=C1NC(c2cc(I)ccc2Cl)=N/C1=C/c1ccccc1Cl. The van der Waals surface area contributed by atoms with Crippen molar-refractivity contribution in [2.45, 2.75) is 0 Å². The molecule has 1 heterocycles. The minimum atomic E-state index is -0.273. The molecule has 2 aromatic rings. The first kappa shape index (κ1) is 15.5. The number of amides is 1. The first-order chi connectivity index (χ1) is 10.5. The second-order valence-corrected chi connectivity index (χ2v) is 6.65. The molecule has 110 valence electrons. The fourth-order valence-electron chi connectivity index (χ4n) is 2.01. The van der Waals surface area contributed by atoms with Crippen LogP contribution in [0.15, 0.2) is 53.2 Å². The highest BCUT2D eigenvalue weighted by molar-refractivity contribution is 14.1. The Balaban J connectivity index is 2.02. The van der Waals surface area contributed by atoms with E-state index in [0.717, 1.165) is 9.13 Å². The molecule has 3 nitrogen and oxygen atoms in total. The van der Waals surface area contributed by atoms with Gasteiger partial charge in [-0.05, 0) is 58.5 Å². The predicted octanol–water partition coefficient (Wildman–Crippen LogP) is 4.52. The molecule has 3 rings (SSSR count). The van der Waals surface area contributed by atoms with Gasteiger partial charge in [0.05, 0.1) is 5.02 Å². The zero-order valence-corrected chi connectivity index (χ0v) is 14.8. The van der Waals surface area contributed by atoms with E-state index in [4.69, 9.17) is 23.2 Å². The van der Waals surface area contributed by atoms with Crippen LogP contribution in [0, 0.1) is 3.57 Å². The Morgan fingerprint density at radius 3 is 2.64 bits per heavy atom. The number of rotatable bonds is 2. The first-order valence-electron chi connectivity index (χ1n) is 6.36. The Morgan fingerprint density at radius 2 is 1.86 bits per heavy atom. The third-order valence-corrected chi connectivity index (χ3v) is 4.42. The van der Waals surface area contributed by atoms with Gasteiger partial charge in [-0.15, -0.1) is 0 Å². The van der Waals surface area contributed by atoms with Gasteiger partial charge in [0.25, 0.3) is 5.91 Å². The second-order valence-electron chi connectivity index (χ2n) is 4.59. The topological polar surface area (TPSA) is 41.5 Å². The van der Waals surface area contributed by atoms with Gasteiger partial charge in [-0.2, -0.15) is 0 Å². The monoisotopic (exact) mass is 442 g/mol. The zero-order valence-electron chi connectivity index (χ0n) is 11.1. The van der Waals surface area contributed by atoms with E-state index in [1.807, 2.05) is 30.3 Å². The lowest BCUT2D eigenvalue weighted by Crippen LogP contribution is -2.25.